The van der Waals surface area contributed by atoms with Crippen molar-refractivity contribution >= 4 is 40.4 Å². The van der Waals surface area contributed by atoms with Gasteiger partial charge in [0.25, 0.3) is 11.8 Å². The van der Waals surface area contributed by atoms with Gasteiger partial charge in [-0.25, -0.2) is 9.67 Å². The number of nitrogens with one attached hydrogen (secondary N) is 2. The lowest BCUT2D eigenvalue weighted by molar-refractivity contribution is -0.117. The maximum Gasteiger partial charge on any atom is 0.270 e. The normalized spacial score (nSPS) is 11.1. The molecule has 2 heterocycles. The topological polar surface area (TPSA) is 88.9 Å². The van der Waals surface area contributed by atoms with Gasteiger partial charge in [-0.3, -0.25) is 20.4 Å². The van der Waals surface area contributed by atoms with Crippen LogP contribution >= 0.6 is 11.6 Å². The number of hydrazine groups is 1. The summed E-state index contributed by atoms with van der Waals surface area (Å²) in [5, 5.41) is 5.52. The molecule has 0 aliphatic rings. The number of nitrogens with zero attached hydrogens (tertiary/aromatic N) is 3. The van der Waals surface area contributed by atoms with Gasteiger partial charge in [-0.2, -0.15) is 5.10 Å². The second-order valence-corrected chi connectivity index (χ2v) is 8.61. The van der Waals surface area contributed by atoms with E-state index in [1.165, 1.54) is 6.08 Å². The lowest BCUT2D eigenvalue weighted by Crippen LogP contribution is -2.40. The largest absolute Gasteiger partial charge is 0.270 e. The molecule has 2 N–H and O–H groups in total. The summed E-state index contributed by atoms with van der Waals surface area (Å²) < 4.78 is 1.61. The van der Waals surface area contributed by atoms with Crippen LogP contribution in [0.4, 0.5) is 0 Å². The van der Waals surface area contributed by atoms with E-state index in [-0.39, 0.29) is 0 Å². The quantitative estimate of drug-likeness (QED) is 0.242. The Kier molecular flexibility index (Phi) is 6.78. The summed E-state index contributed by atoms with van der Waals surface area (Å²) in [6, 6.07) is 28.2. The number of benzene rings is 3. The molecule has 0 atom stereocenters. The van der Waals surface area contributed by atoms with Crippen molar-refractivity contribution in [2.75, 3.05) is 0 Å². The highest BCUT2D eigenvalue weighted by atomic mass is 35.5. The third-order valence-corrected chi connectivity index (χ3v) is 6.14. The smallest absolute Gasteiger partial charge is 0.268 e. The highest BCUT2D eigenvalue weighted by Gasteiger charge is 2.15. The predicted octanol–water partition coefficient (Wildman–Crippen LogP) is 5.52. The molecule has 0 fully saturated rings. The third-order valence-electron chi connectivity index (χ3n) is 5.78. The zero-order valence-electron chi connectivity index (χ0n) is 19.9. The number of hydrogen-bond donors (Lipinski definition) is 2. The molecule has 5 aromatic rings. The summed E-state index contributed by atoms with van der Waals surface area (Å²) >= 11 is 6.52. The molecule has 0 bridgehead atoms. The van der Waals surface area contributed by atoms with Crippen LogP contribution in [0.2, 0.25) is 5.15 Å². The van der Waals surface area contributed by atoms with E-state index in [4.69, 9.17) is 11.6 Å². The van der Waals surface area contributed by atoms with Crippen LogP contribution in [0.15, 0.2) is 97.1 Å². The number of halogens is 1. The average Bonchev–Trinajstić information content (AvgIpc) is 3.23. The molecule has 182 valence electrons. The van der Waals surface area contributed by atoms with Crippen molar-refractivity contribution in [2.24, 2.45) is 0 Å². The molecule has 2 amide bonds. The number of para-hydroxylation sites is 2. The first-order valence-electron chi connectivity index (χ1n) is 11.6. The van der Waals surface area contributed by atoms with Gasteiger partial charge in [0.2, 0.25) is 0 Å². The van der Waals surface area contributed by atoms with Crippen molar-refractivity contribution in [1.82, 2.24) is 25.6 Å². The number of carbonyl (C=O) groups excluding carboxylic acids is 2. The van der Waals surface area contributed by atoms with Gasteiger partial charge in [0, 0.05) is 22.6 Å². The monoisotopic (exact) mass is 507 g/mol. The Morgan fingerprint density at radius 1 is 0.892 bits per heavy atom. The van der Waals surface area contributed by atoms with Crippen LogP contribution in [-0.4, -0.2) is 26.6 Å². The molecular weight excluding hydrogens is 486 g/mol. The number of hydrogen-bond acceptors (Lipinski definition) is 4. The van der Waals surface area contributed by atoms with E-state index < -0.39 is 11.8 Å². The van der Waals surface area contributed by atoms with E-state index in [0.29, 0.717) is 38.6 Å². The van der Waals surface area contributed by atoms with Crippen molar-refractivity contribution in [1.29, 1.82) is 0 Å². The molecule has 0 spiro atoms. The van der Waals surface area contributed by atoms with Gasteiger partial charge in [0.15, 0.2) is 0 Å². The molecule has 0 radical (unpaired) electrons. The highest BCUT2D eigenvalue weighted by molar-refractivity contribution is 6.31. The summed E-state index contributed by atoms with van der Waals surface area (Å²) in [5.41, 5.74) is 9.65. The molecule has 7 nitrogen and oxygen atoms in total. The fourth-order valence-electron chi connectivity index (χ4n) is 3.95. The van der Waals surface area contributed by atoms with Crippen LogP contribution in [0.25, 0.3) is 33.9 Å². The fourth-order valence-corrected chi connectivity index (χ4v) is 4.28. The lowest BCUT2D eigenvalue weighted by atomic mass is 10.0. The number of aryl methyl sites for hydroxylation is 1. The molecule has 0 aliphatic carbocycles. The minimum atomic E-state index is -0.516. The third kappa shape index (κ3) is 5.12. The zero-order valence-corrected chi connectivity index (χ0v) is 20.6. The molecule has 3 aromatic carbocycles. The van der Waals surface area contributed by atoms with Crippen molar-refractivity contribution in [3.63, 3.8) is 0 Å². The number of amides is 2. The number of rotatable bonds is 5. The minimum Gasteiger partial charge on any atom is -0.268 e. The van der Waals surface area contributed by atoms with E-state index in [1.807, 2.05) is 91.9 Å². The molecule has 8 heteroatoms. The van der Waals surface area contributed by atoms with Crippen LogP contribution in [0.3, 0.4) is 0 Å². The lowest BCUT2D eigenvalue weighted by Gasteiger charge is -2.11. The Labute approximate surface area is 218 Å². The fraction of sp³-hybridized carbons (Fsp3) is 0.0345. The number of pyridine rings is 1. The number of carbonyl (C=O) groups is 2. The second-order valence-electron chi connectivity index (χ2n) is 8.25. The van der Waals surface area contributed by atoms with Gasteiger partial charge < -0.3 is 0 Å². The summed E-state index contributed by atoms with van der Waals surface area (Å²) in [6.45, 7) is 1.81. The zero-order chi connectivity index (χ0) is 25.8. The summed E-state index contributed by atoms with van der Waals surface area (Å²) in [4.78, 5) is 30.3. The molecule has 2 aromatic heterocycles. The van der Waals surface area contributed by atoms with E-state index in [0.717, 1.165) is 11.3 Å². The van der Waals surface area contributed by atoms with E-state index >= 15 is 0 Å². The summed E-state index contributed by atoms with van der Waals surface area (Å²) in [6.07, 6.45) is 2.87. The molecule has 5 rings (SSSR count). The summed E-state index contributed by atoms with van der Waals surface area (Å²) in [7, 11) is 0. The molecule has 37 heavy (non-hydrogen) atoms. The Hall–Kier alpha value is -4.75. The summed E-state index contributed by atoms with van der Waals surface area (Å²) in [5.74, 6) is -0.971. The van der Waals surface area contributed by atoms with E-state index in [1.54, 1.807) is 16.8 Å². The molecule has 0 saturated heterocycles. The predicted molar refractivity (Wildman–Crippen MR) is 145 cm³/mol. The van der Waals surface area contributed by atoms with Crippen LogP contribution in [0.1, 0.15) is 21.6 Å². The molecule has 0 saturated carbocycles. The number of fused-ring (bicyclic) bond motifs is 1. The second kappa shape index (κ2) is 10.5. The first kappa shape index (κ1) is 24.0. The van der Waals surface area contributed by atoms with Crippen molar-refractivity contribution in [3.05, 3.63) is 119 Å². The van der Waals surface area contributed by atoms with E-state index in [9.17, 15) is 9.59 Å². The highest BCUT2D eigenvalue weighted by Crippen LogP contribution is 2.26. The van der Waals surface area contributed by atoms with Gasteiger partial charge in [-0.05, 0) is 37.3 Å². The van der Waals surface area contributed by atoms with Gasteiger partial charge in [0.1, 0.15) is 5.15 Å². The van der Waals surface area contributed by atoms with Crippen LogP contribution in [0, 0.1) is 6.92 Å². The Balaban J connectivity index is 1.33. The standard InChI is InChI=1S/C29H22ClN5O2/c1-19-22(28(30)35(34-19)21-12-6-3-7-13-21)16-17-27(36)32-33-29(37)24-18-26(20-10-4-2-5-11-20)31-25-15-9-8-14-23(24)25/h2-18H,1H3,(H,32,36)(H,33,37)/b17-16+. The maximum atomic E-state index is 13.1. The molecule has 0 aliphatic heterocycles. The first-order chi connectivity index (χ1) is 18.0. The minimum absolute atomic E-state index is 0.383. The van der Waals surface area contributed by atoms with Crippen LogP contribution in [-0.2, 0) is 4.79 Å². The van der Waals surface area contributed by atoms with Crippen molar-refractivity contribution < 1.29 is 9.59 Å². The van der Waals surface area contributed by atoms with Gasteiger partial charge in [0.05, 0.1) is 28.2 Å². The van der Waals surface area contributed by atoms with Crippen LogP contribution in [0.5, 0.6) is 0 Å². The Bertz CT molecular complexity index is 1630. The van der Waals surface area contributed by atoms with Crippen molar-refractivity contribution in [3.8, 4) is 16.9 Å². The van der Waals surface area contributed by atoms with Gasteiger partial charge in [-0.1, -0.05) is 78.3 Å². The number of aromatic nitrogens is 3. The maximum absolute atomic E-state index is 13.1. The van der Waals surface area contributed by atoms with Gasteiger partial charge >= 0.3 is 0 Å². The SMILES string of the molecule is Cc1nn(-c2ccccc2)c(Cl)c1/C=C/C(=O)NNC(=O)c1cc(-c2ccccc2)nc2ccccc12. The van der Waals surface area contributed by atoms with Gasteiger partial charge in [-0.15, -0.1) is 0 Å². The van der Waals surface area contributed by atoms with E-state index in [2.05, 4.69) is 20.9 Å². The molecule has 0 unspecified atom stereocenters. The van der Waals surface area contributed by atoms with Crippen LogP contribution < -0.4 is 10.9 Å². The van der Waals surface area contributed by atoms with Crippen molar-refractivity contribution in [2.45, 2.75) is 6.92 Å². The first-order valence-corrected chi connectivity index (χ1v) is 11.9. The Morgan fingerprint density at radius 2 is 1.57 bits per heavy atom. The molecular formula is C29H22ClN5O2. The Morgan fingerprint density at radius 3 is 2.32 bits per heavy atom. The average molecular weight is 508 g/mol.